The van der Waals surface area contributed by atoms with Crippen molar-refractivity contribution >= 4 is 5.91 Å². The molecule has 3 fully saturated rings. The zero-order valence-electron chi connectivity index (χ0n) is 10.7. The van der Waals surface area contributed by atoms with Crippen molar-refractivity contribution in [3.8, 4) is 0 Å². The highest BCUT2D eigenvalue weighted by molar-refractivity contribution is 5.82. The lowest BCUT2D eigenvalue weighted by Gasteiger charge is -2.38. The Balaban J connectivity index is 1.66. The Kier molecular flexibility index (Phi) is 3.40. The Morgan fingerprint density at radius 3 is 2.63 bits per heavy atom. The molecule has 7 nitrogen and oxygen atoms in total. The highest BCUT2D eigenvalue weighted by atomic mass is 16.7. The van der Waals surface area contributed by atoms with Crippen LogP contribution in [0.2, 0.25) is 0 Å². The van der Waals surface area contributed by atoms with Crippen molar-refractivity contribution < 1.29 is 19.2 Å². The van der Waals surface area contributed by atoms with Crippen LogP contribution < -0.4 is 0 Å². The number of rotatable bonds is 3. The van der Waals surface area contributed by atoms with Crippen LogP contribution in [0.5, 0.6) is 0 Å². The minimum absolute atomic E-state index is 0.0724. The molecule has 0 radical (unpaired) electrons. The maximum Gasteiger partial charge on any atom is 0.233 e. The number of carbonyl (C=O) groups is 1. The van der Waals surface area contributed by atoms with Crippen molar-refractivity contribution in [2.24, 2.45) is 5.92 Å². The Morgan fingerprint density at radius 1 is 1.26 bits per heavy atom. The van der Waals surface area contributed by atoms with Crippen molar-refractivity contribution in [3.63, 3.8) is 0 Å². The fraction of sp³-hybridized carbons (Fsp3) is 0.917. The van der Waals surface area contributed by atoms with Gasteiger partial charge in [-0.25, -0.2) is 0 Å². The highest BCUT2D eigenvalue weighted by Crippen LogP contribution is 2.37. The van der Waals surface area contributed by atoms with Gasteiger partial charge in [0.05, 0.1) is 19.3 Å². The Bertz CT molecular complexity index is 382. The van der Waals surface area contributed by atoms with Crippen LogP contribution >= 0.6 is 0 Å². The van der Waals surface area contributed by atoms with Gasteiger partial charge in [-0.3, -0.25) is 14.9 Å². The number of hydrogen-bond acceptors (Lipinski definition) is 5. The zero-order chi connectivity index (χ0) is 13.4. The molecule has 1 aliphatic carbocycles. The fourth-order valence-electron chi connectivity index (χ4n) is 3.01. The first-order chi connectivity index (χ1) is 9.18. The molecule has 0 bridgehead atoms. The molecular weight excluding hydrogens is 252 g/mol. The molecule has 2 aliphatic heterocycles. The molecule has 2 heterocycles. The van der Waals surface area contributed by atoms with Crippen LogP contribution in [0, 0.1) is 16.0 Å². The number of carbonyl (C=O) groups excluding carboxylic acids is 1. The molecule has 19 heavy (non-hydrogen) atoms. The standard InChI is InChI=1S/C12H18N2O5/c15-11(8-7-10(8)14(16)17)13-4-2-1-3-9(13)12-18-5-6-19-12/h8-10,12H,1-7H2. The molecule has 3 rings (SSSR count). The lowest BCUT2D eigenvalue weighted by molar-refractivity contribution is -0.497. The summed E-state index contributed by atoms with van der Waals surface area (Å²) in [5.41, 5.74) is 0. The van der Waals surface area contributed by atoms with Gasteiger partial charge in [0.1, 0.15) is 5.92 Å². The molecule has 3 unspecified atom stereocenters. The molecule has 2 saturated heterocycles. The second-order valence-corrected chi connectivity index (χ2v) is 5.40. The third-order valence-electron chi connectivity index (χ3n) is 4.14. The van der Waals surface area contributed by atoms with Gasteiger partial charge in [-0.1, -0.05) is 0 Å². The first kappa shape index (κ1) is 12.8. The lowest BCUT2D eigenvalue weighted by Crippen LogP contribution is -2.51. The molecule has 0 aromatic carbocycles. The second-order valence-electron chi connectivity index (χ2n) is 5.40. The van der Waals surface area contributed by atoms with Crippen LogP contribution in [-0.2, 0) is 14.3 Å². The van der Waals surface area contributed by atoms with E-state index in [1.165, 1.54) is 0 Å². The summed E-state index contributed by atoms with van der Waals surface area (Å²) >= 11 is 0. The van der Waals surface area contributed by atoms with E-state index < -0.39 is 12.0 Å². The first-order valence-electron chi connectivity index (χ1n) is 6.85. The van der Waals surface area contributed by atoms with Crippen LogP contribution in [0.3, 0.4) is 0 Å². The van der Waals surface area contributed by atoms with Gasteiger partial charge in [0, 0.05) is 17.9 Å². The van der Waals surface area contributed by atoms with Crippen molar-refractivity contribution in [3.05, 3.63) is 10.1 Å². The summed E-state index contributed by atoms with van der Waals surface area (Å²) in [7, 11) is 0. The van der Waals surface area contributed by atoms with Crippen LogP contribution in [0.15, 0.2) is 0 Å². The van der Waals surface area contributed by atoms with Gasteiger partial charge < -0.3 is 14.4 Å². The Labute approximate surface area is 111 Å². The molecule has 1 amide bonds. The number of piperidine rings is 1. The van der Waals surface area contributed by atoms with E-state index in [4.69, 9.17) is 9.47 Å². The predicted octanol–water partition coefficient (Wildman–Crippen LogP) is 0.406. The van der Waals surface area contributed by atoms with Crippen LogP contribution in [0.4, 0.5) is 0 Å². The SMILES string of the molecule is O=C(C1CC1[N+](=O)[O-])N1CCCCC1C1OCCO1. The first-order valence-corrected chi connectivity index (χ1v) is 6.85. The molecule has 0 spiro atoms. The minimum Gasteiger partial charge on any atom is -0.348 e. The van der Waals surface area contributed by atoms with E-state index in [9.17, 15) is 14.9 Å². The van der Waals surface area contributed by atoms with Gasteiger partial charge in [0.2, 0.25) is 11.9 Å². The van der Waals surface area contributed by atoms with Crippen LogP contribution in [0.25, 0.3) is 0 Å². The number of likely N-dealkylation sites (tertiary alicyclic amines) is 1. The maximum absolute atomic E-state index is 12.4. The number of nitro groups is 1. The van der Waals surface area contributed by atoms with E-state index in [2.05, 4.69) is 0 Å². The molecular formula is C12H18N2O5. The van der Waals surface area contributed by atoms with E-state index in [0.29, 0.717) is 26.2 Å². The summed E-state index contributed by atoms with van der Waals surface area (Å²) in [4.78, 5) is 24.4. The number of nitrogens with zero attached hydrogens (tertiary/aromatic N) is 2. The normalized spacial score (nSPS) is 35.4. The average molecular weight is 270 g/mol. The minimum atomic E-state index is -0.680. The van der Waals surface area contributed by atoms with Crippen molar-refractivity contribution in [1.82, 2.24) is 4.90 Å². The van der Waals surface area contributed by atoms with E-state index in [0.717, 1.165) is 19.3 Å². The van der Waals surface area contributed by atoms with Gasteiger partial charge >= 0.3 is 0 Å². The molecule has 7 heteroatoms. The predicted molar refractivity (Wildman–Crippen MR) is 63.9 cm³/mol. The fourth-order valence-corrected chi connectivity index (χ4v) is 3.01. The van der Waals surface area contributed by atoms with Crippen molar-refractivity contribution in [1.29, 1.82) is 0 Å². The van der Waals surface area contributed by atoms with Gasteiger partial charge in [-0.15, -0.1) is 0 Å². The summed E-state index contributed by atoms with van der Waals surface area (Å²) in [5.74, 6) is -0.525. The Morgan fingerprint density at radius 2 is 2.00 bits per heavy atom. The zero-order valence-corrected chi connectivity index (χ0v) is 10.7. The Hall–Kier alpha value is -1.21. The van der Waals surface area contributed by atoms with E-state index in [1.807, 2.05) is 0 Å². The van der Waals surface area contributed by atoms with Gasteiger partial charge in [-0.2, -0.15) is 0 Å². The molecule has 1 saturated carbocycles. The molecule has 3 aliphatic rings. The van der Waals surface area contributed by atoms with E-state index in [-0.39, 0.29) is 23.2 Å². The highest BCUT2D eigenvalue weighted by Gasteiger charge is 2.56. The number of hydrogen-bond donors (Lipinski definition) is 0. The average Bonchev–Trinajstić information content (AvgIpc) is 3.05. The topological polar surface area (TPSA) is 81.9 Å². The van der Waals surface area contributed by atoms with E-state index in [1.54, 1.807) is 4.90 Å². The summed E-state index contributed by atoms with van der Waals surface area (Å²) in [6, 6.07) is -0.753. The third kappa shape index (κ3) is 2.44. The van der Waals surface area contributed by atoms with Crippen LogP contribution in [-0.4, -0.2) is 53.9 Å². The largest absolute Gasteiger partial charge is 0.348 e. The van der Waals surface area contributed by atoms with Crippen molar-refractivity contribution in [2.45, 2.75) is 44.1 Å². The maximum atomic E-state index is 12.4. The quantitative estimate of drug-likeness (QED) is 0.548. The molecule has 106 valence electrons. The summed E-state index contributed by atoms with van der Waals surface area (Å²) in [5, 5.41) is 10.7. The summed E-state index contributed by atoms with van der Waals surface area (Å²) in [6.45, 7) is 1.78. The molecule has 0 N–H and O–H groups in total. The van der Waals surface area contributed by atoms with Crippen LogP contribution in [0.1, 0.15) is 25.7 Å². The molecule has 3 atom stereocenters. The summed E-state index contributed by atoms with van der Waals surface area (Å²) in [6.07, 6.45) is 2.87. The third-order valence-corrected chi connectivity index (χ3v) is 4.14. The van der Waals surface area contributed by atoms with Gasteiger partial charge in [0.25, 0.3) is 0 Å². The monoisotopic (exact) mass is 270 g/mol. The second kappa shape index (κ2) is 5.05. The summed E-state index contributed by atoms with van der Waals surface area (Å²) < 4.78 is 11.0. The number of ether oxygens (including phenoxy) is 2. The lowest BCUT2D eigenvalue weighted by atomic mass is 10.0. The molecule has 0 aromatic rings. The number of amides is 1. The van der Waals surface area contributed by atoms with Crippen molar-refractivity contribution in [2.75, 3.05) is 19.8 Å². The molecule has 0 aromatic heterocycles. The van der Waals surface area contributed by atoms with E-state index >= 15 is 0 Å². The van der Waals surface area contributed by atoms with Gasteiger partial charge in [0.15, 0.2) is 6.29 Å². The smallest absolute Gasteiger partial charge is 0.233 e. The van der Waals surface area contributed by atoms with Gasteiger partial charge in [-0.05, 0) is 19.3 Å².